The zero-order valence-corrected chi connectivity index (χ0v) is 11.2. The highest BCUT2D eigenvalue weighted by Gasteiger charge is 2.11. The Morgan fingerprint density at radius 1 is 1.44 bits per heavy atom. The molecule has 2 nitrogen and oxygen atoms in total. The molecule has 2 rings (SSSR count). The van der Waals surface area contributed by atoms with E-state index in [-0.39, 0.29) is 6.04 Å². The standard InChI is InChI=1S/C12H16N2S2/c1-3-9-4-5-11(16-9)10(13)6-12-14-8(2)7-15-12/h4-5,7,10H,3,6,13H2,1-2H3. The molecule has 2 aromatic heterocycles. The van der Waals surface area contributed by atoms with Gasteiger partial charge in [0, 0.05) is 33.3 Å². The molecule has 0 bridgehead atoms. The van der Waals surface area contributed by atoms with Crippen molar-refractivity contribution in [2.24, 2.45) is 5.73 Å². The van der Waals surface area contributed by atoms with Crippen LogP contribution in [0.25, 0.3) is 0 Å². The highest BCUT2D eigenvalue weighted by atomic mass is 32.1. The van der Waals surface area contributed by atoms with Crippen molar-refractivity contribution < 1.29 is 0 Å². The zero-order valence-electron chi connectivity index (χ0n) is 9.56. The van der Waals surface area contributed by atoms with Crippen molar-refractivity contribution >= 4 is 22.7 Å². The highest BCUT2D eigenvalue weighted by Crippen LogP contribution is 2.25. The minimum absolute atomic E-state index is 0.0934. The van der Waals surface area contributed by atoms with Crippen LogP contribution in [0.3, 0.4) is 0 Å². The molecule has 0 radical (unpaired) electrons. The Morgan fingerprint density at radius 3 is 2.81 bits per heavy atom. The predicted octanol–water partition coefficient (Wildman–Crippen LogP) is 3.32. The third-order valence-electron chi connectivity index (χ3n) is 2.46. The summed E-state index contributed by atoms with van der Waals surface area (Å²) in [6.07, 6.45) is 1.94. The van der Waals surface area contributed by atoms with Crippen molar-refractivity contribution in [2.45, 2.75) is 32.7 Å². The number of rotatable bonds is 4. The number of hydrogen-bond acceptors (Lipinski definition) is 4. The number of aryl methyl sites for hydroxylation is 2. The van der Waals surface area contributed by atoms with Crippen molar-refractivity contribution in [3.63, 3.8) is 0 Å². The van der Waals surface area contributed by atoms with E-state index in [0.717, 1.165) is 23.5 Å². The van der Waals surface area contributed by atoms with Crippen LogP contribution in [0, 0.1) is 6.92 Å². The molecule has 0 aliphatic rings. The van der Waals surface area contributed by atoms with E-state index in [0.29, 0.717) is 0 Å². The molecule has 86 valence electrons. The second-order valence-corrected chi connectivity index (χ2v) is 5.99. The third kappa shape index (κ3) is 2.70. The van der Waals surface area contributed by atoms with Gasteiger partial charge in [-0.3, -0.25) is 0 Å². The fourth-order valence-corrected chi connectivity index (χ4v) is 3.35. The summed E-state index contributed by atoms with van der Waals surface area (Å²) in [5.41, 5.74) is 7.27. The molecule has 4 heteroatoms. The summed E-state index contributed by atoms with van der Waals surface area (Å²) < 4.78 is 0. The van der Waals surface area contributed by atoms with Crippen LogP contribution in [0.1, 0.15) is 33.4 Å². The van der Waals surface area contributed by atoms with Crippen LogP contribution in [-0.4, -0.2) is 4.98 Å². The van der Waals surface area contributed by atoms with Gasteiger partial charge in [0.2, 0.25) is 0 Å². The molecule has 1 atom stereocenters. The van der Waals surface area contributed by atoms with Gasteiger partial charge < -0.3 is 5.73 Å². The largest absolute Gasteiger partial charge is 0.323 e. The maximum Gasteiger partial charge on any atom is 0.0947 e. The molecule has 0 saturated carbocycles. The van der Waals surface area contributed by atoms with E-state index < -0.39 is 0 Å². The second kappa shape index (κ2) is 5.08. The van der Waals surface area contributed by atoms with Crippen molar-refractivity contribution in [1.29, 1.82) is 0 Å². The van der Waals surface area contributed by atoms with E-state index in [1.165, 1.54) is 9.75 Å². The molecule has 1 unspecified atom stereocenters. The smallest absolute Gasteiger partial charge is 0.0947 e. The molecule has 0 fully saturated rings. The minimum atomic E-state index is 0.0934. The number of thiophene rings is 1. The highest BCUT2D eigenvalue weighted by molar-refractivity contribution is 7.12. The zero-order chi connectivity index (χ0) is 11.5. The van der Waals surface area contributed by atoms with Crippen LogP contribution < -0.4 is 5.73 Å². The van der Waals surface area contributed by atoms with Gasteiger partial charge in [-0.05, 0) is 25.5 Å². The normalized spacial score (nSPS) is 12.9. The van der Waals surface area contributed by atoms with E-state index in [2.05, 4.69) is 29.4 Å². The first-order chi connectivity index (χ1) is 7.69. The average molecular weight is 252 g/mol. The summed E-state index contributed by atoms with van der Waals surface area (Å²) in [5.74, 6) is 0. The van der Waals surface area contributed by atoms with Gasteiger partial charge in [0.15, 0.2) is 0 Å². The number of nitrogens with zero attached hydrogens (tertiary/aromatic N) is 1. The van der Waals surface area contributed by atoms with Gasteiger partial charge in [0.25, 0.3) is 0 Å². The fourth-order valence-electron chi connectivity index (χ4n) is 1.57. The Morgan fingerprint density at radius 2 is 2.25 bits per heavy atom. The minimum Gasteiger partial charge on any atom is -0.323 e. The average Bonchev–Trinajstić information content (AvgIpc) is 2.87. The summed E-state index contributed by atoms with van der Waals surface area (Å²) in [6.45, 7) is 4.19. The summed E-state index contributed by atoms with van der Waals surface area (Å²) in [6, 6.07) is 4.41. The number of aromatic nitrogens is 1. The van der Waals surface area contributed by atoms with E-state index in [1.54, 1.807) is 11.3 Å². The lowest BCUT2D eigenvalue weighted by atomic mass is 10.2. The van der Waals surface area contributed by atoms with E-state index in [1.807, 2.05) is 18.3 Å². The van der Waals surface area contributed by atoms with E-state index >= 15 is 0 Å². The molecule has 2 aromatic rings. The van der Waals surface area contributed by atoms with Gasteiger partial charge in [-0.25, -0.2) is 4.98 Å². The van der Waals surface area contributed by atoms with Crippen molar-refractivity contribution in [2.75, 3.05) is 0 Å². The lowest BCUT2D eigenvalue weighted by molar-refractivity contribution is 0.731. The maximum absolute atomic E-state index is 6.18. The maximum atomic E-state index is 6.18. The molecule has 0 aliphatic heterocycles. The monoisotopic (exact) mass is 252 g/mol. The van der Waals surface area contributed by atoms with Gasteiger partial charge in [-0.15, -0.1) is 22.7 Å². The molecule has 0 amide bonds. The summed E-state index contributed by atoms with van der Waals surface area (Å²) in [7, 11) is 0. The molecular formula is C12H16N2S2. The lowest BCUT2D eigenvalue weighted by Gasteiger charge is -2.06. The predicted molar refractivity (Wildman–Crippen MR) is 71.2 cm³/mol. The van der Waals surface area contributed by atoms with Gasteiger partial charge in [0.1, 0.15) is 0 Å². The molecular weight excluding hydrogens is 236 g/mol. The summed E-state index contributed by atoms with van der Waals surface area (Å²) in [4.78, 5) is 7.12. The Bertz CT molecular complexity index is 459. The van der Waals surface area contributed by atoms with E-state index in [4.69, 9.17) is 5.73 Å². The number of thiazole rings is 1. The lowest BCUT2D eigenvalue weighted by Crippen LogP contribution is -2.11. The first-order valence-corrected chi connectivity index (χ1v) is 7.14. The van der Waals surface area contributed by atoms with Crippen LogP contribution in [0.2, 0.25) is 0 Å². The van der Waals surface area contributed by atoms with Gasteiger partial charge in [-0.2, -0.15) is 0 Å². The van der Waals surface area contributed by atoms with Crippen LogP contribution in [0.5, 0.6) is 0 Å². The van der Waals surface area contributed by atoms with Gasteiger partial charge in [-0.1, -0.05) is 6.92 Å². The molecule has 16 heavy (non-hydrogen) atoms. The molecule has 0 aromatic carbocycles. The van der Waals surface area contributed by atoms with Crippen LogP contribution in [0.4, 0.5) is 0 Å². The Hall–Kier alpha value is -0.710. The van der Waals surface area contributed by atoms with Crippen LogP contribution in [0.15, 0.2) is 17.5 Å². The summed E-state index contributed by atoms with van der Waals surface area (Å²) in [5, 5.41) is 3.21. The molecule has 0 aliphatic carbocycles. The SMILES string of the molecule is CCc1ccc(C(N)Cc2nc(C)cs2)s1. The molecule has 2 N–H and O–H groups in total. The van der Waals surface area contributed by atoms with Gasteiger partial charge >= 0.3 is 0 Å². The Labute approximate surface area is 104 Å². The summed E-state index contributed by atoms with van der Waals surface area (Å²) >= 11 is 3.52. The Balaban J connectivity index is 2.05. The first kappa shape index (κ1) is 11.8. The quantitative estimate of drug-likeness (QED) is 0.906. The van der Waals surface area contributed by atoms with Crippen molar-refractivity contribution in [3.05, 3.63) is 38.0 Å². The van der Waals surface area contributed by atoms with E-state index in [9.17, 15) is 0 Å². The second-order valence-electron chi connectivity index (χ2n) is 3.85. The van der Waals surface area contributed by atoms with Crippen LogP contribution in [-0.2, 0) is 12.8 Å². The molecule has 0 saturated heterocycles. The van der Waals surface area contributed by atoms with Crippen molar-refractivity contribution in [1.82, 2.24) is 4.98 Å². The number of nitrogens with two attached hydrogens (primary N) is 1. The topological polar surface area (TPSA) is 38.9 Å². The fraction of sp³-hybridized carbons (Fsp3) is 0.417. The first-order valence-electron chi connectivity index (χ1n) is 5.44. The number of hydrogen-bond donors (Lipinski definition) is 1. The molecule has 2 heterocycles. The van der Waals surface area contributed by atoms with Crippen molar-refractivity contribution in [3.8, 4) is 0 Å². The molecule has 0 spiro atoms. The van der Waals surface area contributed by atoms with Gasteiger partial charge in [0.05, 0.1) is 5.01 Å². The van der Waals surface area contributed by atoms with Crippen LogP contribution >= 0.6 is 22.7 Å². The third-order valence-corrected chi connectivity index (χ3v) is 4.81. The Kier molecular flexibility index (Phi) is 3.74.